The van der Waals surface area contributed by atoms with Crippen LogP contribution in [0, 0.1) is 11.3 Å². The summed E-state index contributed by atoms with van der Waals surface area (Å²) in [6, 6.07) is 0. The number of aliphatic hydroxyl groups is 1. The molecule has 2 atom stereocenters. The Labute approximate surface area is 122 Å². The number of carbonyl (C=O) groups is 1. The maximum atomic E-state index is 11.5. The first-order valence-electron chi connectivity index (χ1n) is 7.38. The van der Waals surface area contributed by atoms with Crippen LogP contribution in [-0.2, 0) is 9.57 Å². The molecule has 0 aromatic rings. The highest BCUT2D eigenvalue weighted by Crippen LogP contribution is 2.40. The van der Waals surface area contributed by atoms with E-state index >= 15 is 0 Å². The smallest absolute Gasteiger partial charge is 0.431 e. The van der Waals surface area contributed by atoms with Crippen LogP contribution in [0.5, 0.6) is 0 Å². The van der Waals surface area contributed by atoms with Gasteiger partial charge in [0.25, 0.3) is 0 Å². The largest absolute Gasteiger partial charge is 0.442 e. The number of nitrogens with one attached hydrogen (secondary N) is 1. The molecule has 1 aliphatic carbocycles. The van der Waals surface area contributed by atoms with E-state index in [1.54, 1.807) is 20.8 Å². The minimum absolute atomic E-state index is 0.101. The second kappa shape index (κ2) is 6.76. The SMILES string of the molecule is CC1(C)CCCC(C(CO)ONC(=O)OC(C)(C)C)C1. The summed E-state index contributed by atoms with van der Waals surface area (Å²) in [6.07, 6.45) is 3.34. The zero-order valence-corrected chi connectivity index (χ0v) is 13.4. The van der Waals surface area contributed by atoms with Gasteiger partial charge in [-0.3, -0.25) is 4.84 Å². The van der Waals surface area contributed by atoms with E-state index < -0.39 is 11.7 Å². The number of rotatable bonds is 4. The van der Waals surface area contributed by atoms with Gasteiger partial charge in [-0.15, -0.1) is 0 Å². The van der Waals surface area contributed by atoms with Crippen molar-refractivity contribution in [1.82, 2.24) is 5.48 Å². The summed E-state index contributed by atoms with van der Waals surface area (Å²) >= 11 is 0. The lowest BCUT2D eigenvalue weighted by molar-refractivity contribution is -0.0949. The molecule has 2 N–H and O–H groups in total. The first-order valence-corrected chi connectivity index (χ1v) is 7.38. The molecular formula is C15H29NO4. The predicted octanol–water partition coefficient (Wildman–Crippen LogP) is 3.02. The van der Waals surface area contributed by atoms with Gasteiger partial charge in [0, 0.05) is 0 Å². The fraction of sp³-hybridized carbons (Fsp3) is 0.933. The lowest BCUT2D eigenvalue weighted by Gasteiger charge is -2.38. The van der Waals surface area contributed by atoms with Crippen molar-refractivity contribution in [1.29, 1.82) is 0 Å². The van der Waals surface area contributed by atoms with Crippen molar-refractivity contribution in [2.24, 2.45) is 11.3 Å². The molecule has 1 aliphatic rings. The fourth-order valence-corrected chi connectivity index (χ4v) is 2.78. The highest BCUT2D eigenvalue weighted by molar-refractivity contribution is 5.66. The van der Waals surface area contributed by atoms with Crippen LogP contribution in [-0.4, -0.2) is 29.5 Å². The molecule has 0 aromatic carbocycles. The lowest BCUT2D eigenvalue weighted by atomic mass is 9.70. The number of carbonyl (C=O) groups excluding carboxylic acids is 1. The fourth-order valence-electron chi connectivity index (χ4n) is 2.78. The van der Waals surface area contributed by atoms with E-state index in [9.17, 15) is 9.90 Å². The van der Waals surface area contributed by atoms with Crippen molar-refractivity contribution >= 4 is 6.09 Å². The molecule has 0 aromatic heterocycles. The Morgan fingerprint density at radius 3 is 2.60 bits per heavy atom. The molecule has 2 unspecified atom stereocenters. The maximum Gasteiger partial charge on any atom is 0.431 e. The van der Waals surface area contributed by atoms with Gasteiger partial charge in [0.15, 0.2) is 0 Å². The standard InChI is InChI=1S/C15H29NO4/c1-14(2,3)19-13(18)16-20-12(10-17)11-7-6-8-15(4,5)9-11/h11-12,17H,6-10H2,1-5H3,(H,16,18). The van der Waals surface area contributed by atoms with Crippen LogP contribution < -0.4 is 5.48 Å². The van der Waals surface area contributed by atoms with Crippen LogP contribution >= 0.6 is 0 Å². The van der Waals surface area contributed by atoms with E-state index in [-0.39, 0.29) is 24.0 Å². The van der Waals surface area contributed by atoms with Gasteiger partial charge in [-0.1, -0.05) is 20.3 Å². The Bertz CT molecular complexity index is 322. The summed E-state index contributed by atoms with van der Waals surface area (Å²) in [5.74, 6) is 0.263. The summed E-state index contributed by atoms with van der Waals surface area (Å²) < 4.78 is 5.10. The summed E-state index contributed by atoms with van der Waals surface area (Å²) in [7, 11) is 0. The Hall–Kier alpha value is -0.810. The minimum atomic E-state index is -0.619. The van der Waals surface area contributed by atoms with Crippen molar-refractivity contribution in [2.75, 3.05) is 6.61 Å². The summed E-state index contributed by atoms with van der Waals surface area (Å²) in [5.41, 5.74) is 2.00. The minimum Gasteiger partial charge on any atom is -0.442 e. The Balaban J connectivity index is 2.45. The third-order valence-electron chi connectivity index (χ3n) is 3.64. The number of hydroxylamine groups is 1. The van der Waals surface area contributed by atoms with Crippen molar-refractivity contribution in [3.63, 3.8) is 0 Å². The molecule has 0 aliphatic heterocycles. The maximum absolute atomic E-state index is 11.5. The second-order valence-electron chi connectivity index (χ2n) is 7.46. The highest BCUT2D eigenvalue weighted by atomic mass is 16.7. The summed E-state index contributed by atoms with van der Waals surface area (Å²) in [5, 5.41) is 9.48. The molecule has 20 heavy (non-hydrogen) atoms. The van der Waals surface area contributed by atoms with Crippen molar-refractivity contribution in [2.45, 2.75) is 72.0 Å². The number of aliphatic hydroxyl groups excluding tert-OH is 1. The number of hydrogen-bond acceptors (Lipinski definition) is 4. The van der Waals surface area contributed by atoms with E-state index in [0.29, 0.717) is 0 Å². The number of hydrogen-bond donors (Lipinski definition) is 2. The Morgan fingerprint density at radius 2 is 2.10 bits per heavy atom. The molecule has 0 saturated heterocycles. The van der Waals surface area contributed by atoms with E-state index in [2.05, 4.69) is 19.3 Å². The van der Waals surface area contributed by atoms with E-state index in [0.717, 1.165) is 19.3 Å². The molecule has 1 fully saturated rings. The van der Waals surface area contributed by atoms with Crippen LogP contribution in [0.15, 0.2) is 0 Å². The Morgan fingerprint density at radius 1 is 1.45 bits per heavy atom. The van der Waals surface area contributed by atoms with Crippen LogP contribution in [0.1, 0.15) is 60.3 Å². The molecule has 0 heterocycles. The third kappa shape index (κ3) is 6.09. The molecule has 5 heteroatoms. The normalized spacial score (nSPS) is 24.0. The summed E-state index contributed by atoms with van der Waals surface area (Å²) in [6.45, 7) is 9.74. The van der Waals surface area contributed by atoms with Crippen molar-refractivity contribution < 1.29 is 19.5 Å². The van der Waals surface area contributed by atoms with Crippen LogP contribution in [0.3, 0.4) is 0 Å². The van der Waals surface area contributed by atoms with Gasteiger partial charge < -0.3 is 9.84 Å². The predicted molar refractivity (Wildman–Crippen MR) is 77.1 cm³/mol. The molecule has 5 nitrogen and oxygen atoms in total. The van der Waals surface area contributed by atoms with Gasteiger partial charge in [0.2, 0.25) is 0 Å². The molecule has 0 spiro atoms. The Kier molecular flexibility index (Phi) is 5.83. The number of amides is 1. The van der Waals surface area contributed by atoms with Gasteiger partial charge in [-0.25, -0.2) is 4.79 Å². The van der Waals surface area contributed by atoms with Crippen LogP contribution in [0.2, 0.25) is 0 Å². The van der Waals surface area contributed by atoms with Gasteiger partial charge in [-0.2, -0.15) is 5.48 Å². The zero-order valence-electron chi connectivity index (χ0n) is 13.4. The van der Waals surface area contributed by atoms with E-state index in [1.807, 2.05) is 0 Å². The van der Waals surface area contributed by atoms with E-state index in [4.69, 9.17) is 9.57 Å². The lowest BCUT2D eigenvalue weighted by Crippen LogP contribution is -2.41. The molecular weight excluding hydrogens is 258 g/mol. The van der Waals surface area contributed by atoms with Gasteiger partial charge in [0.1, 0.15) is 11.7 Å². The molecule has 0 radical (unpaired) electrons. The highest BCUT2D eigenvalue weighted by Gasteiger charge is 2.33. The monoisotopic (exact) mass is 287 g/mol. The van der Waals surface area contributed by atoms with Gasteiger partial charge >= 0.3 is 6.09 Å². The molecule has 0 bridgehead atoms. The van der Waals surface area contributed by atoms with Crippen LogP contribution in [0.25, 0.3) is 0 Å². The quantitative estimate of drug-likeness (QED) is 0.780. The zero-order chi connectivity index (χ0) is 15.4. The van der Waals surface area contributed by atoms with E-state index in [1.165, 1.54) is 6.42 Å². The van der Waals surface area contributed by atoms with Crippen molar-refractivity contribution in [3.05, 3.63) is 0 Å². The topological polar surface area (TPSA) is 67.8 Å². The van der Waals surface area contributed by atoms with Crippen molar-refractivity contribution in [3.8, 4) is 0 Å². The third-order valence-corrected chi connectivity index (χ3v) is 3.64. The molecule has 1 amide bonds. The number of ether oxygens (including phenoxy) is 1. The summed E-state index contributed by atoms with van der Waals surface area (Å²) in [4.78, 5) is 16.9. The van der Waals surface area contributed by atoms with Crippen LogP contribution in [0.4, 0.5) is 4.79 Å². The molecule has 118 valence electrons. The second-order valence-corrected chi connectivity index (χ2v) is 7.46. The average molecular weight is 287 g/mol. The molecule has 1 rings (SSSR count). The average Bonchev–Trinajstić information content (AvgIpc) is 2.26. The first-order chi connectivity index (χ1) is 9.13. The van der Waals surface area contributed by atoms with Gasteiger partial charge in [-0.05, 0) is 51.4 Å². The first kappa shape index (κ1) is 17.2. The molecule has 1 saturated carbocycles. The van der Waals surface area contributed by atoms with Gasteiger partial charge in [0.05, 0.1) is 6.61 Å².